The highest BCUT2D eigenvalue weighted by molar-refractivity contribution is 7.93. The number of anilines is 2. The maximum absolute atomic E-state index is 13.4. The fourth-order valence-corrected chi connectivity index (χ4v) is 6.50. The highest BCUT2D eigenvalue weighted by Gasteiger charge is 2.28. The third kappa shape index (κ3) is 4.94. The SMILES string of the molecule is CCN(c1ccccc1)S(=O)(=O)c1cc(C(=O)Nc2nc3cc([N+](=O)[O-])ccc3s2)c(Cl)cc1Cl. The molecule has 0 atom stereocenters. The number of nitrogens with zero attached hydrogens (tertiary/aromatic N) is 3. The fourth-order valence-electron chi connectivity index (χ4n) is 3.35. The second-order valence-electron chi connectivity index (χ2n) is 7.15. The first-order chi connectivity index (χ1) is 16.6. The van der Waals surface area contributed by atoms with Gasteiger partial charge in [0.2, 0.25) is 0 Å². The van der Waals surface area contributed by atoms with E-state index in [1.165, 1.54) is 28.6 Å². The lowest BCUT2D eigenvalue weighted by Crippen LogP contribution is -2.31. The van der Waals surface area contributed by atoms with Gasteiger partial charge in [-0.2, -0.15) is 0 Å². The predicted octanol–water partition coefficient (Wildman–Crippen LogP) is 5.98. The summed E-state index contributed by atoms with van der Waals surface area (Å²) in [6, 6.07) is 15.0. The van der Waals surface area contributed by atoms with E-state index >= 15 is 0 Å². The largest absolute Gasteiger partial charge is 0.298 e. The van der Waals surface area contributed by atoms with Crippen molar-refractivity contribution in [3.05, 3.63) is 86.4 Å². The van der Waals surface area contributed by atoms with E-state index in [4.69, 9.17) is 23.2 Å². The number of sulfonamides is 1. The molecule has 0 aliphatic heterocycles. The van der Waals surface area contributed by atoms with Gasteiger partial charge in [-0.15, -0.1) is 0 Å². The lowest BCUT2D eigenvalue weighted by molar-refractivity contribution is -0.384. The van der Waals surface area contributed by atoms with Gasteiger partial charge in [0.15, 0.2) is 5.13 Å². The lowest BCUT2D eigenvalue weighted by atomic mass is 10.2. The van der Waals surface area contributed by atoms with Crippen LogP contribution in [0.5, 0.6) is 0 Å². The first kappa shape index (κ1) is 24.9. The van der Waals surface area contributed by atoms with Gasteiger partial charge in [0.1, 0.15) is 4.90 Å². The topological polar surface area (TPSA) is 123 Å². The van der Waals surface area contributed by atoms with Crippen LogP contribution in [-0.2, 0) is 10.0 Å². The third-order valence-electron chi connectivity index (χ3n) is 4.97. The normalized spacial score (nSPS) is 11.4. The summed E-state index contributed by atoms with van der Waals surface area (Å²) in [6.07, 6.45) is 0. The van der Waals surface area contributed by atoms with Crippen LogP contribution in [0.15, 0.2) is 65.6 Å². The molecule has 1 N–H and O–H groups in total. The summed E-state index contributed by atoms with van der Waals surface area (Å²) < 4.78 is 28.7. The first-order valence-corrected chi connectivity index (χ1v) is 13.1. The van der Waals surface area contributed by atoms with Crippen LogP contribution in [0.1, 0.15) is 17.3 Å². The highest BCUT2D eigenvalue weighted by Crippen LogP contribution is 2.34. The van der Waals surface area contributed by atoms with Gasteiger partial charge in [-0.05, 0) is 37.3 Å². The van der Waals surface area contributed by atoms with Gasteiger partial charge in [-0.3, -0.25) is 24.5 Å². The van der Waals surface area contributed by atoms with Crippen molar-refractivity contribution < 1.29 is 18.1 Å². The van der Waals surface area contributed by atoms with Gasteiger partial charge in [0.25, 0.3) is 21.6 Å². The molecule has 1 heterocycles. The molecule has 0 saturated heterocycles. The molecule has 1 amide bonds. The van der Waals surface area contributed by atoms with Crippen LogP contribution in [-0.4, -0.2) is 30.8 Å². The number of hydrogen-bond acceptors (Lipinski definition) is 7. The maximum atomic E-state index is 13.4. The minimum absolute atomic E-state index is 0.0500. The Morgan fingerprint density at radius 3 is 2.49 bits per heavy atom. The van der Waals surface area contributed by atoms with E-state index in [9.17, 15) is 23.3 Å². The molecule has 0 bridgehead atoms. The number of nitro benzene ring substituents is 1. The summed E-state index contributed by atoms with van der Waals surface area (Å²) in [5.41, 5.74) is 0.529. The molecule has 35 heavy (non-hydrogen) atoms. The summed E-state index contributed by atoms with van der Waals surface area (Å²) >= 11 is 13.6. The van der Waals surface area contributed by atoms with Crippen molar-refractivity contribution in [2.24, 2.45) is 0 Å². The van der Waals surface area contributed by atoms with Crippen LogP contribution in [0.2, 0.25) is 10.0 Å². The zero-order chi connectivity index (χ0) is 25.3. The molecule has 1 aromatic heterocycles. The molecule has 9 nitrogen and oxygen atoms in total. The van der Waals surface area contributed by atoms with E-state index in [1.807, 2.05) is 0 Å². The van der Waals surface area contributed by atoms with Crippen LogP contribution in [0.3, 0.4) is 0 Å². The van der Waals surface area contributed by atoms with Crippen molar-refractivity contribution in [1.29, 1.82) is 0 Å². The number of fused-ring (bicyclic) bond motifs is 1. The van der Waals surface area contributed by atoms with E-state index < -0.39 is 20.9 Å². The summed E-state index contributed by atoms with van der Waals surface area (Å²) in [5.74, 6) is -0.709. The Labute approximate surface area is 214 Å². The predicted molar refractivity (Wildman–Crippen MR) is 137 cm³/mol. The molecule has 0 fully saturated rings. The van der Waals surface area contributed by atoms with Crippen LogP contribution in [0.4, 0.5) is 16.5 Å². The molecular formula is C22H16Cl2N4O5S2. The fraction of sp³-hybridized carbons (Fsp3) is 0.0909. The van der Waals surface area contributed by atoms with Gasteiger partial charge in [0, 0.05) is 18.7 Å². The molecule has 4 rings (SSSR count). The molecule has 4 aromatic rings. The van der Waals surface area contributed by atoms with E-state index in [1.54, 1.807) is 37.3 Å². The van der Waals surface area contributed by atoms with Crippen molar-refractivity contribution in [2.45, 2.75) is 11.8 Å². The Kier molecular flexibility index (Phi) is 6.95. The summed E-state index contributed by atoms with van der Waals surface area (Å²) in [7, 11) is -4.13. The minimum Gasteiger partial charge on any atom is -0.298 e. The molecule has 0 spiro atoms. The summed E-state index contributed by atoms with van der Waals surface area (Å²) in [5, 5.41) is 13.5. The molecule has 13 heteroatoms. The zero-order valence-electron chi connectivity index (χ0n) is 17.9. The van der Waals surface area contributed by atoms with Gasteiger partial charge in [0.05, 0.1) is 36.4 Å². The van der Waals surface area contributed by atoms with Crippen molar-refractivity contribution in [3.63, 3.8) is 0 Å². The Balaban J connectivity index is 1.69. The number of thiazole rings is 1. The van der Waals surface area contributed by atoms with Crippen LogP contribution < -0.4 is 9.62 Å². The molecule has 3 aromatic carbocycles. The summed E-state index contributed by atoms with van der Waals surface area (Å²) in [4.78, 5) is 27.4. The van der Waals surface area contributed by atoms with E-state index in [2.05, 4.69) is 10.3 Å². The Morgan fingerprint density at radius 2 is 1.83 bits per heavy atom. The molecule has 0 aliphatic carbocycles. The van der Waals surface area contributed by atoms with Crippen molar-refractivity contribution in [3.8, 4) is 0 Å². The van der Waals surface area contributed by atoms with Crippen LogP contribution in [0.25, 0.3) is 10.2 Å². The first-order valence-electron chi connectivity index (χ1n) is 10.0. The van der Waals surface area contributed by atoms with Crippen molar-refractivity contribution >= 4 is 77.2 Å². The Hall–Kier alpha value is -3.25. The van der Waals surface area contributed by atoms with E-state index in [-0.39, 0.29) is 37.9 Å². The second kappa shape index (κ2) is 9.78. The van der Waals surface area contributed by atoms with E-state index in [0.29, 0.717) is 15.9 Å². The van der Waals surface area contributed by atoms with Crippen molar-refractivity contribution in [1.82, 2.24) is 4.98 Å². The minimum atomic E-state index is -4.13. The van der Waals surface area contributed by atoms with Crippen LogP contribution >= 0.6 is 34.5 Å². The second-order valence-corrected chi connectivity index (χ2v) is 10.8. The number of amides is 1. The third-order valence-corrected chi connectivity index (χ3v) is 8.60. The van der Waals surface area contributed by atoms with Gasteiger partial charge in [-0.1, -0.05) is 52.7 Å². The number of nitrogens with one attached hydrogen (secondary N) is 1. The number of hydrogen-bond donors (Lipinski definition) is 1. The standard InChI is InChI=1S/C22H16Cl2N4O5S2/c1-2-27(13-6-4-3-5-7-13)35(32,33)20-11-15(16(23)12-17(20)24)21(29)26-22-25-18-10-14(28(30)31)8-9-19(18)34-22/h3-12H,2H2,1H3,(H,25,26,29). The average molecular weight is 551 g/mol. The lowest BCUT2D eigenvalue weighted by Gasteiger charge is -2.24. The maximum Gasteiger partial charge on any atom is 0.271 e. The number of nitro groups is 1. The Morgan fingerprint density at radius 1 is 1.11 bits per heavy atom. The quantitative estimate of drug-likeness (QED) is 0.223. The average Bonchev–Trinajstić information content (AvgIpc) is 3.21. The van der Waals surface area contributed by atoms with Gasteiger partial charge >= 0.3 is 0 Å². The van der Waals surface area contributed by atoms with Crippen LogP contribution in [0, 0.1) is 10.1 Å². The molecular weight excluding hydrogens is 535 g/mol. The number of carbonyl (C=O) groups is 1. The summed E-state index contributed by atoms with van der Waals surface area (Å²) in [6.45, 7) is 1.81. The zero-order valence-corrected chi connectivity index (χ0v) is 21.1. The Bertz CT molecular complexity index is 1560. The number of aromatic nitrogens is 1. The number of non-ortho nitro benzene ring substituents is 1. The highest BCUT2D eigenvalue weighted by atomic mass is 35.5. The van der Waals surface area contributed by atoms with Crippen molar-refractivity contribution in [2.75, 3.05) is 16.2 Å². The smallest absolute Gasteiger partial charge is 0.271 e. The molecule has 0 radical (unpaired) electrons. The molecule has 0 saturated carbocycles. The molecule has 180 valence electrons. The molecule has 0 aliphatic rings. The number of para-hydroxylation sites is 1. The number of benzene rings is 3. The van der Waals surface area contributed by atoms with Gasteiger partial charge < -0.3 is 0 Å². The number of carbonyl (C=O) groups excluding carboxylic acids is 1. The monoisotopic (exact) mass is 550 g/mol. The number of rotatable bonds is 7. The number of halogens is 2. The molecule has 0 unspecified atom stereocenters. The van der Waals surface area contributed by atoms with Gasteiger partial charge in [-0.25, -0.2) is 13.4 Å². The van der Waals surface area contributed by atoms with E-state index in [0.717, 1.165) is 17.4 Å².